The molecule has 5 heteroatoms. The molecule has 0 saturated carbocycles. The molecule has 0 unspecified atom stereocenters. The molecule has 1 aliphatic rings. The number of hydrogen-bond acceptors (Lipinski definition) is 5. The molecule has 0 saturated heterocycles. The number of methoxy groups -OCH3 is 2. The van der Waals surface area contributed by atoms with Crippen LogP contribution in [0.15, 0.2) is 53.5 Å². The van der Waals surface area contributed by atoms with Gasteiger partial charge in [-0.3, -0.25) is 4.99 Å². The van der Waals surface area contributed by atoms with Gasteiger partial charge in [0.15, 0.2) is 5.17 Å². The summed E-state index contributed by atoms with van der Waals surface area (Å²) in [7, 11) is 3.36. The molecule has 2 aromatic rings. The first-order valence-corrected chi connectivity index (χ1v) is 8.98. The van der Waals surface area contributed by atoms with Crippen LogP contribution in [0.3, 0.4) is 0 Å². The molecule has 1 N–H and O–H groups in total. The van der Waals surface area contributed by atoms with E-state index in [1.165, 1.54) is 11.1 Å². The summed E-state index contributed by atoms with van der Waals surface area (Å²) in [5, 5.41) is 4.56. The van der Waals surface area contributed by atoms with Gasteiger partial charge in [-0.25, -0.2) is 0 Å². The van der Waals surface area contributed by atoms with Gasteiger partial charge in [0, 0.05) is 0 Å². The third-order valence-corrected chi connectivity index (χ3v) is 4.85. The third-order valence-electron chi connectivity index (χ3n) is 4.06. The first-order chi connectivity index (χ1) is 11.7. The third kappa shape index (κ3) is 3.51. The number of hydrogen-bond donors (Lipinski definition) is 1. The van der Waals surface area contributed by atoms with Crippen molar-refractivity contribution in [2.75, 3.05) is 20.0 Å². The number of nitrogens with one attached hydrogen (secondary N) is 1. The lowest BCUT2D eigenvalue weighted by atomic mass is 9.95. The molecule has 0 bridgehead atoms. The summed E-state index contributed by atoms with van der Waals surface area (Å²) in [5.41, 5.74) is 2.38. The standard InChI is InChI=1S/C19H22N2O2S/c1-4-24-19-20-17(13-5-9-15(22-2)10-6-13)18(21-19)14-7-11-16(23-3)12-8-14/h5-12,17-18H,4H2,1-3H3,(H,20,21)/t17-,18-/m1/s1. The van der Waals surface area contributed by atoms with Gasteiger partial charge in [-0.15, -0.1) is 0 Å². The SMILES string of the molecule is CCSC1=N[C@H](c2ccc(OC)cc2)[C@@H](c2ccc(OC)cc2)N1. The Kier molecular flexibility index (Phi) is 5.30. The maximum atomic E-state index is 5.26. The number of nitrogens with zero attached hydrogens (tertiary/aromatic N) is 1. The van der Waals surface area contributed by atoms with Gasteiger partial charge in [0.25, 0.3) is 0 Å². The molecule has 2 aromatic carbocycles. The summed E-state index contributed by atoms with van der Waals surface area (Å²) < 4.78 is 10.5. The van der Waals surface area contributed by atoms with Crippen molar-refractivity contribution < 1.29 is 9.47 Å². The van der Waals surface area contributed by atoms with E-state index in [4.69, 9.17) is 14.5 Å². The van der Waals surface area contributed by atoms with Gasteiger partial charge >= 0.3 is 0 Å². The topological polar surface area (TPSA) is 42.9 Å². The molecule has 0 aromatic heterocycles. The van der Waals surface area contributed by atoms with Crippen LogP contribution in [0.5, 0.6) is 11.5 Å². The molecular weight excluding hydrogens is 320 g/mol. The smallest absolute Gasteiger partial charge is 0.157 e. The Morgan fingerprint density at radius 1 is 0.917 bits per heavy atom. The van der Waals surface area contributed by atoms with Crippen molar-refractivity contribution in [2.45, 2.75) is 19.0 Å². The Balaban J connectivity index is 1.90. The first kappa shape index (κ1) is 16.7. The Morgan fingerprint density at radius 2 is 1.46 bits per heavy atom. The normalized spacial score (nSPS) is 19.5. The second kappa shape index (κ2) is 7.62. The highest BCUT2D eigenvalue weighted by atomic mass is 32.2. The predicted molar refractivity (Wildman–Crippen MR) is 100 cm³/mol. The molecule has 4 nitrogen and oxygen atoms in total. The van der Waals surface area contributed by atoms with Crippen molar-refractivity contribution in [3.8, 4) is 11.5 Å². The van der Waals surface area contributed by atoms with Crippen LogP contribution >= 0.6 is 11.8 Å². The summed E-state index contributed by atoms with van der Waals surface area (Å²) >= 11 is 1.74. The summed E-state index contributed by atoms with van der Waals surface area (Å²) in [6, 6.07) is 16.5. The zero-order valence-electron chi connectivity index (χ0n) is 14.2. The van der Waals surface area contributed by atoms with Crippen LogP contribution in [0.1, 0.15) is 30.1 Å². The highest BCUT2D eigenvalue weighted by Crippen LogP contribution is 2.38. The van der Waals surface area contributed by atoms with E-state index in [2.05, 4.69) is 36.5 Å². The lowest BCUT2D eigenvalue weighted by Crippen LogP contribution is -2.22. The predicted octanol–water partition coefficient (Wildman–Crippen LogP) is 4.20. The van der Waals surface area contributed by atoms with Crippen LogP contribution in [-0.4, -0.2) is 25.1 Å². The molecular formula is C19H22N2O2S. The van der Waals surface area contributed by atoms with Crippen molar-refractivity contribution in [3.05, 3.63) is 59.7 Å². The Bertz CT molecular complexity index is 698. The zero-order chi connectivity index (χ0) is 16.9. The lowest BCUT2D eigenvalue weighted by molar-refractivity contribution is 0.414. The van der Waals surface area contributed by atoms with Crippen molar-refractivity contribution >= 4 is 16.9 Å². The van der Waals surface area contributed by atoms with Gasteiger partial charge in [0.05, 0.1) is 20.3 Å². The van der Waals surface area contributed by atoms with Crippen LogP contribution in [0.4, 0.5) is 0 Å². The number of amidine groups is 1. The second-order valence-electron chi connectivity index (χ2n) is 5.48. The van der Waals surface area contributed by atoms with E-state index in [-0.39, 0.29) is 12.1 Å². The average Bonchev–Trinajstić information content (AvgIpc) is 3.06. The number of rotatable bonds is 5. The molecule has 2 atom stereocenters. The minimum absolute atomic E-state index is 0.0540. The molecule has 0 fully saturated rings. The van der Waals surface area contributed by atoms with Gasteiger partial charge < -0.3 is 14.8 Å². The molecule has 0 spiro atoms. The van der Waals surface area contributed by atoms with Crippen LogP contribution in [0.25, 0.3) is 0 Å². The first-order valence-electron chi connectivity index (χ1n) is 8.00. The highest BCUT2D eigenvalue weighted by Gasteiger charge is 2.31. The molecule has 0 aliphatic carbocycles. The molecule has 1 aliphatic heterocycles. The summed E-state index contributed by atoms with van der Waals surface area (Å²) in [5.74, 6) is 2.72. The van der Waals surface area contributed by atoms with Crippen LogP contribution < -0.4 is 14.8 Å². The van der Waals surface area contributed by atoms with Gasteiger partial charge in [0.2, 0.25) is 0 Å². The average molecular weight is 342 g/mol. The summed E-state index contributed by atoms with van der Waals surface area (Å²) in [4.78, 5) is 4.90. The van der Waals surface area contributed by atoms with E-state index in [0.29, 0.717) is 0 Å². The van der Waals surface area contributed by atoms with E-state index < -0.39 is 0 Å². The molecule has 3 rings (SSSR count). The van der Waals surface area contributed by atoms with Crippen LogP contribution in [0.2, 0.25) is 0 Å². The van der Waals surface area contributed by atoms with E-state index in [1.54, 1.807) is 26.0 Å². The highest BCUT2D eigenvalue weighted by molar-refractivity contribution is 8.13. The van der Waals surface area contributed by atoms with E-state index in [9.17, 15) is 0 Å². The van der Waals surface area contributed by atoms with E-state index in [1.807, 2.05) is 24.3 Å². The minimum atomic E-state index is 0.0540. The molecule has 0 amide bonds. The second-order valence-corrected chi connectivity index (χ2v) is 6.73. The molecule has 0 radical (unpaired) electrons. The molecule has 24 heavy (non-hydrogen) atoms. The monoisotopic (exact) mass is 342 g/mol. The van der Waals surface area contributed by atoms with Crippen LogP contribution in [0, 0.1) is 0 Å². The Labute approximate surface area is 147 Å². The molecule has 1 heterocycles. The fourth-order valence-corrected chi connectivity index (χ4v) is 3.48. The number of ether oxygens (including phenoxy) is 2. The quantitative estimate of drug-likeness (QED) is 0.884. The van der Waals surface area contributed by atoms with Gasteiger partial charge in [-0.2, -0.15) is 0 Å². The molecule has 126 valence electrons. The maximum Gasteiger partial charge on any atom is 0.157 e. The van der Waals surface area contributed by atoms with Gasteiger partial charge in [-0.1, -0.05) is 43.0 Å². The van der Waals surface area contributed by atoms with Crippen molar-refractivity contribution in [1.82, 2.24) is 5.32 Å². The van der Waals surface area contributed by atoms with Gasteiger partial charge in [0.1, 0.15) is 17.5 Å². The van der Waals surface area contributed by atoms with E-state index in [0.717, 1.165) is 22.4 Å². The Morgan fingerprint density at radius 3 is 1.96 bits per heavy atom. The summed E-state index contributed by atoms with van der Waals surface area (Å²) in [6.07, 6.45) is 0. The number of thioether (sulfide) groups is 1. The number of aliphatic imine (C=N–C) groups is 1. The minimum Gasteiger partial charge on any atom is -0.497 e. The number of benzene rings is 2. The van der Waals surface area contributed by atoms with Crippen molar-refractivity contribution in [2.24, 2.45) is 4.99 Å². The van der Waals surface area contributed by atoms with Gasteiger partial charge in [-0.05, 0) is 41.1 Å². The Hall–Kier alpha value is -2.14. The fraction of sp³-hybridized carbons (Fsp3) is 0.316. The van der Waals surface area contributed by atoms with E-state index >= 15 is 0 Å². The zero-order valence-corrected chi connectivity index (χ0v) is 15.0. The maximum absolute atomic E-state index is 5.26. The van der Waals surface area contributed by atoms with Crippen LogP contribution in [-0.2, 0) is 0 Å². The lowest BCUT2D eigenvalue weighted by Gasteiger charge is -2.20. The fourth-order valence-electron chi connectivity index (χ4n) is 2.81. The summed E-state index contributed by atoms with van der Waals surface area (Å²) in [6.45, 7) is 2.14. The van der Waals surface area contributed by atoms with Crippen molar-refractivity contribution in [1.29, 1.82) is 0 Å². The van der Waals surface area contributed by atoms with Crippen molar-refractivity contribution in [3.63, 3.8) is 0 Å². The largest absolute Gasteiger partial charge is 0.497 e.